The van der Waals surface area contributed by atoms with Crippen LogP contribution in [0, 0.1) is 58.2 Å². The van der Waals surface area contributed by atoms with Crippen LogP contribution in [0.3, 0.4) is 0 Å². The van der Waals surface area contributed by atoms with Crippen molar-refractivity contribution in [1.82, 2.24) is 4.98 Å². The summed E-state index contributed by atoms with van der Waals surface area (Å²) in [5.41, 5.74) is 3.84. The van der Waals surface area contributed by atoms with Gasteiger partial charge in [-0.1, -0.05) is 72.1 Å². The minimum absolute atomic E-state index is 0.460. The second kappa shape index (κ2) is 9.39. The van der Waals surface area contributed by atoms with E-state index in [4.69, 9.17) is 16.6 Å². The van der Waals surface area contributed by atoms with Gasteiger partial charge in [-0.3, -0.25) is 0 Å². The summed E-state index contributed by atoms with van der Waals surface area (Å²) in [7, 11) is 0. The summed E-state index contributed by atoms with van der Waals surface area (Å²) in [6.07, 6.45) is 15.4. The van der Waals surface area contributed by atoms with E-state index in [0.29, 0.717) is 16.0 Å². The van der Waals surface area contributed by atoms with Crippen molar-refractivity contribution in [3.05, 3.63) is 28.5 Å². The Bertz CT molecular complexity index is 878. The molecule has 1 nitrogen and oxygen atoms in total. The predicted octanol–water partition coefficient (Wildman–Crippen LogP) is 9.41. The second-order valence-electron chi connectivity index (χ2n) is 14.0. The molecule has 0 N–H and O–H groups in total. The minimum Gasteiger partial charge on any atom is -0.241 e. The van der Waals surface area contributed by atoms with Crippen LogP contribution in [0.4, 0.5) is 0 Å². The lowest BCUT2D eigenvalue weighted by Crippen LogP contribution is -2.54. The molecule has 9 atom stereocenters. The molecule has 190 valence electrons. The van der Waals surface area contributed by atoms with E-state index < -0.39 is 0 Å². The van der Waals surface area contributed by atoms with Crippen molar-refractivity contribution < 1.29 is 0 Å². The van der Waals surface area contributed by atoms with Gasteiger partial charge in [0.15, 0.2) is 0 Å². The highest BCUT2D eigenvalue weighted by atomic mass is 35.5. The molecule has 0 radical (unpaired) electrons. The SMILES string of the molecule is CC[C@H](CC[C@@H](C)[C@H]1CC[C@H]2[C@@H]3CC[C@H]4Cc5nc(Cl)ccc5C[C@]4(C)[C@H]3CC[C@]12C)C(C)C. The summed E-state index contributed by atoms with van der Waals surface area (Å²) in [5.74, 6) is 7.23. The molecule has 0 aliphatic heterocycles. The highest BCUT2D eigenvalue weighted by molar-refractivity contribution is 6.29. The van der Waals surface area contributed by atoms with Crippen LogP contribution in [0.1, 0.15) is 111 Å². The molecule has 0 bridgehead atoms. The van der Waals surface area contributed by atoms with Gasteiger partial charge in [0.25, 0.3) is 0 Å². The van der Waals surface area contributed by atoms with Crippen LogP contribution in [-0.4, -0.2) is 4.98 Å². The van der Waals surface area contributed by atoms with Gasteiger partial charge in [0.2, 0.25) is 0 Å². The van der Waals surface area contributed by atoms with Crippen molar-refractivity contribution >= 4 is 11.6 Å². The Morgan fingerprint density at radius 1 is 0.971 bits per heavy atom. The van der Waals surface area contributed by atoms with E-state index in [1.807, 2.05) is 6.07 Å². The molecular weight excluding hydrogens is 434 g/mol. The molecule has 0 spiro atoms. The number of aromatic nitrogens is 1. The van der Waals surface area contributed by atoms with E-state index >= 15 is 0 Å². The largest absolute Gasteiger partial charge is 0.241 e. The Kier molecular flexibility index (Phi) is 6.93. The lowest BCUT2D eigenvalue weighted by molar-refractivity contribution is -0.104. The zero-order valence-corrected chi connectivity index (χ0v) is 23.6. The smallest absolute Gasteiger partial charge is 0.129 e. The van der Waals surface area contributed by atoms with Gasteiger partial charge in [-0.2, -0.15) is 0 Å². The summed E-state index contributed by atoms with van der Waals surface area (Å²) in [5, 5.41) is 0.675. The second-order valence-corrected chi connectivity index (χ2v) is 14.4. The average Bonchev–Trinajstić information content (AvgIpc) is 3.15. The van der Waals surface area contributed by atoms with Gasteiger partial charge >= 0.3 is 0 Å². The van der Waals surface area contributed by atoms with Crippen LogP contribution in [0.15, 0.2) is 12.1 Å². The monoisotopic (exact) mass is 483 g/mol. The third kappa shape index (κ3) is 4.09. The Hall–Kier alpha value is -0.560. The van der Waals surface area contributed by atoms with E-state index in [-0.39, 0.29) is 0 Å². The summed E-state index contributed by atoms with van der Waals surface area (Å²) >= 11 is 6.26. The van der Waals surface area contributed by atoms with Crippen molar-refractivity contribution in [2.45, 2.75) is 112 Å². The topological polar surface area (TPSA) is 12.9 Å². The first kappa shape index (κ1) is 25.1. The van der Waals surface area contributed by atoms with Crippen LogP contribution in [0.25, 0.3) is 0 Å². The van der Waals surface area contributed by atoms with E-state index in [9.17, 15) is 0 Å². The van der Waals surface area contributed by atoms with Crippen LogP contribution in [0.5, 0.6) is 0 Å². The third-order valence-corrected chi connectivity index (χ3v) is 12.5. The van der Waals surface area contributed by atoms with E-state index in [0.717, 1.165) is 53.8 Å². The first-order valence-electron chi connectivity index (χ1n) is 14.8. The van der Waals surface area contributed by atoms with Gasteiger partial charge in [0.05, 0.1) is 0 Å². The molecule has 0 unspecified atom stereocenters. The van der Waals surface area contributed by atoms with Gasteiger partial charge in [0.1, 0.15) is 5.15 Å². The van der Waals surface area contributed by atoms with Crippen LogP contribution < -0.4 is 0 Å². The van der Waals surface area contributed by atoms with Crippen molar-refractivity contribution in [3.63, 3.8) is 0 Å². The normalized spacial score (nSPS) is 40.8. The molecule has 3 saturated carbocycles. The van der Waals surface area contributed by atoms with Crippen LogP contribution >= 0.6 is 11.6 Å². The van der Waals surface area contributed by atoms with Crippen molar-refractivity contribution in [1.29, 1.82) is 0 Å². The average molecular weight is 484 g/mol. The number of hydrogen-bond donors (Lipinski definition) is 0. The molecule has 4 aliphatic rings. The zero-order chi connectivity index (χ0) is 24.3. The van der Waals surface area contributed by atoms with E-state index in [1.165, 1.54) is 75.5 Å². The standard InChI is InChI=1S/C32H50ClN/c1-7-22(20(2)3)9-8-21(4)26-13-14-27-25-12-11-24-18-29-23(10-15-30(33)34-29)19-32(24,6)28(25)16-17-31(26,27)5/h10,15,20-22,24-28H,7-9,11-14,16-19H2,1-6H3/t21-,22-,24+,25+,26-,27+,28+,31-,32+/m1/s1. The highest BCUT2D eigenvalue weighted by Gasteiger charge is 2.60. The lowest BCUT2D eigenvalue weighted by Gasteiger charge is -2.60. The van der Waals surface area contributed by atoms with Crippen molar-refractivity contribution in [2.24, 2.45) is 58.2 Å². The van der Waals surface area contributed by atoms with Crippen molar-refractivity contribution in [2.75, 3.05) is 0 Å². The Morgan fingerprint density at radius 2 is 1.74 bits per heavy atom. The fourth-order valence-corrected chi connectivity index (χ4v) is 10.5. The maximum atomic E-state index is 6.26. The number of rotatable bonds is 6. The molecule has 0 amide bonds. The quantitative estimate of drug-likeness (QED) is 0.367. The van der Waals surface area contributed by atoms with Crippen LogP contribution in [-0.2, 0) is 12.8 Å². The molecular formula is C32H50ClN. The number of nitrogens with zero attached hydrogens (tertiary/aromatic N) is 1. The number of pyridine rings is 1. The molecule has 0 saturated heterocycles. The molecule has 34 heavy (non-hydrogen) atoms. The summed E-state index contributed by atoms with van der Waals surface area (Å²) in [6, 6.07) is 4.31. The lowest BCUT2D eigenvalue weighted by atomic mass is 9.44. The Balaban J connectivity index is 1.32. The van der Waals surface area contributed by atoms with E-state index in [2.05, 4.69) is 47.6 Å². The van der Waals surface area contributed by atoms with Crippen molar-refractivity contribution in [3.8, 4) is 0 Å². The van der Waals surface area contributed by atoms with E-state index in [1.54, 1.807) is 0 Å². The molecule has 1 aromatic heterocycles. The predicted molar refractivity (Wildman–Crippen MR) is 145 cm³/mol. The van der Waals surface area contributed by atoms with Gasteiger partial charge in [0, 0.05) is 5.69 Å². The molecule has 0 aromatic carbocycles. The van der Waals surface area contributed by atoms with Gasteiger partial charge < -0.3 is 0 Å². The minimum atomic E-state index is 0.460. The summed E-state index contributed by atoms with van der Waals surface area (Å²) in [4.78, 5) is 4.75. The first-order valence-corrected chi connectivity index (χ1v) is 15.2. The maximum absolute atomic E-state index is 6.26. The number of halogens is 1. The number of fused-ring (bicyclic) bond motifs is 6. The first-order chi connectivity index (χ1) is 16.2. The molecule has 1 aromatic rings. The summed E-state index contributed by atoms with van der Waals surface area (Å²) < 4.78 is 0. The fraction of sp³-hybridized carbons (Fsp3) is 0.844. The molecule has 1 heterocycles. The maximum Gasteiger partial charge on any atom is 0.129 e. The third-order valence-electron chi connectivity index (χ3n) is 12.3. The Labute approximate surface area is 215 Å². The zero-order valence-electron chi connectivity index (χ0n) is 22.9. The molecule has 5 rings (SSSR count). The van der Waals surface area contributed by atoms with Crippen LogP contribution in [0.2, 0.25) is 5.15 Å². The van der Waals surface area contributed by atoms with Gasteiger partial charge in [-0.05, 0) is 128 Å². The fourth-order valence-electron chi connectivity index (χ4n) is 10.3. The number of hydrogen-bond acceptors (Lipinski definition) is 1. The highest BCUT2D eigenvalue weighted by Crippen LogP contribution is 2.68. The van der Waals surface area contributed by atoms with Gasteiger partial charge in [-0.15, -0.1) is 0 Å². The molecule has 3 fully saturated rings. The molecule has 2 heteroatoms. The Morgan fingerprint density at radius 3 is 2.47 bits per heavy atom. The summed E-state index contributed by atoms with van der Waals surface area (Å²) in [6.45, 7) is 15.3. The van der Waals surface area contributed by atoms with Gasteiger partial charge in [-0.25, -0.2) is 4.98 Å². The molecule has 4 aliphatic carbocycles.